The Balaban J connectivity index is 0.00000114. The Morgan fingerprint density at radius 2 is 1.59 bits per heavy atom. The smallest absolute Gasteiger partial charge is 0.149 e. The lowest BCUT2D eigenvalue weighted by Gasteiger charge is -2.23. The number of hydrogen-bond acceptors (Lipinski definition) is 5. The minimum atomic E-state index is 0.155. The van der Waals surface area contributed by atoms with Gasteiger partial charge < -0.3 is 15.4 Å². The van der Waals surface area contributed by atoms with Crippen molar-refractivity contribution in [3.8, 4) is 4.98 Å². The highest BCUT2D eigenvalue weighted by Crippen LogP contribution is 2.25. The number of halogens is 1. The van der Waals surface area contributed by atoms with Gasteiger partial charge in [0.15, 0.2) is 0 Å². The van der Waals surface area contributed by atoms with Crippen molar-refractivity contribution < 1.29 is 4.74 Å². The second kappa shape index (κ2) is 13.5. The number of nitriles is 1. The Morgan fingerprint density at radius 3 is 2.19 bits per heavy atom. The fourth-order valence-corrected chi connectivity index (χ4v) is 3.36. The number of benzene rings is 2. The van der Waals surface area contributed by atoms with E-state index in [-0.39, 0.29) is 12.1 Å². The second-order valence-corrected chi connectivity index (χ2v) is 8.10. The molecule has 2 N–H and O–H groups in total. The normalized spacial score (nSPS) is 12.0. The Hall–Kier alpha value is -2.88. The molecule has 0 saturated heterocycles. The second-order valence-electron chi connectivity index (χ2n) is 7.75. The van der Waals surface area contributed by atoms with Gasteiger partial charge in [-0.05, 0) is 50.5 Å². The van der Waals surface area contributed by atoms with Crippen molar-refractivity contribution in [2.75, 3.05) is 24.4 Å². The van der Waals surface area contributed by atoms with Crippen molar-refractivity contribution in [1.82, 2.24) is 4.98 Å². The predicted molar refractivity (Wildman–Crippen MR) is 136 cm³/mol. The first-order chi connectivity index (χ1) is 15.5. The molecule has 0 aliphatic carbocycles. The van der Waals surface area contributed by atoms with E-state index >= 15 is 0 Å². The monoisotopic (exact) mass is 494 g/mol. The van der Waals surface area contributed by atoms with Gasteiger partial charge in [0, 0.05) is 29.2 Å². The number of hydrogen-bond donors (Lipinski definition) is 2. The van der Waals surface area contributed by atoms with E-state index in [1.807, 2.05) is 12.3 Å². The zero-order chi connectivity index (χ0) is 23.3. The molecule has 0 fully saturated rings. The number of anilines is 2. The summed E-state index contributed by atoms with van der Waals surface area (Å²) < 4.78 is 5.47. The van der Waals surface area contributed by atoms with Crippen molar-refractivity contribution in [3.05, 3.63) is 89.1 Å². The summed E-state index contributed by atoms with van der Waals surface area (Å²) in [7, 11) is 1.74. The predicted octanol–water partition coefficient (Wildman–Crippen LogP) is 6.40. The quantitative estimate of drug-likeness (QED) is 0.359. The van der Waals surface area contributed by atoms with Crippen LogP contribution in [0.5, 0.6) is 0 Å². The van der Waals surface area contributed by atoms with Crippen molar-refractivity contribution >= 4 is 27.4 Å². The highest BCUT2D eigenvalue weighted by molar-refractivity contribution is 9.12. The van der Waals surface area contributed by atoms with Crippen molar-refractivity contribution in [2.45, 2.75) is 39.3 Å². The lowest BCUT2D eigenvalue weighted by molar-refractivity contribution is 0.185. The SMILES string of the molecule is COC[C@H](Cc1ccc(C)cc1)Nc1cccnc1NC(C)c1ccc(C)cc1.N#CBr. The molecule has 0 saturated carbocycles. The van der Waals surface area contributed by atoms with Gasteiger partial charge in [0.25, 0.3) is 0 Å². The summed E-state index contributed by atoms with van der Waals surface area (Å²) in [5.74, 6) is 0.852. The number of rotatable bonds is 9. The molecule has 168 valence electrons. The molecular weight excluding hydrogens is 464 g/mol. The third-order valence-electron chi connectivity index (χ3n) is 5.07. The first-order valence-corrected chi connectivity index (χ1v) is 11.3. The molecule has 32 heavy (non-hydrogen) atoms. The minimum Gasteiger partial charge on any atom is -0.383 e. The van der Waals surface area contributed by atoms with Crippen molar-refractivity contribution in [3.63, 3.8) is 0 Å². The van der Waals surface area contributed by atoms with Crippen molar-refractivity contribution in [1.29, 1.82) is 5.26 Å². The van der Waals surface area contributed by atoms with Crippen LogP contribution in [-0.4, -0.2) is 24.7 Å². The van der Waals surface area contributed by atoms with E-state index < -0.39 is 0 Å². The number of methoxy groups -OCH3 is 1. The molecule has 0 aliphatic rings. The zero-order valence-electron chi connectivity index (χ0n) is 19.1. The topological polar surface area (TPSA) is 70.0 Å². The van der Waals surface area contributed by atoms with E-state index in [0.717, 1.165) is 17.9 Å². The van der Waals surface area contributed by atoms with E-state index in [2.05, 4.69) is 107 Å². The Kier molecular flexibility index (Phi) is 10.7. The molecule has 0 aliphatic heterocycles. The standard InChI is InChI=1S/C25H31N3O.CBrN/c1-18-7-11-21(12-8-18)16-23(17-29-4)28-24-6-5-15-26-25(24)27-20(3)22-13-9-19(2)10-14-22;2-1-3/h5-15,20,23,28H,16-17H2,1-4H3,(H,26,27);/t20?,23-;/m0./s1. The number of pyridine rings is 1. The van der Waals surface area contributed by atoms with Crippen LogP contribution in [0.1, 0.15) is 35.2 Å². The van der Waals surface area contributed by atoms with Gasteiger partial charge in [0.05, 0.1) is 24.4 Å². The molecule has 0 amide bonds. The number of nitrogens with zero attached hydrogens (tertiary/aromatic N) is 2. The molecule has 6 heteroatoms. The van der Waals surface area contributed by atoms with Crippen LogP contribution in [0.25, 0.3) is 0 Å². The van der Waals surface area contributed by atoms with Gasteiger partial charge in [0.2, 0.25) is 0 Å². The van der Waals surface area contributed by atoms with Crippen LogP contribution >= 0.6 is 15.9 Å². The molecule has 3 rings (SSSR count). The highest BCUT2D eigenvalue weighted by atomic mass is 79.9. The third-order valence-corrected chi connectivity index (χ3v) is 5.07. The van der Waals surface area contributed by atoms with Crippen LogP contribution < -0.4 is 10.6 Å². The minimum absolute atomic E-state index is 0.155. The summed E-state index contributed by atoms with van der Waals surface area (Å²) >= 11 is 2.45. The van der Waals surface area contributed by atoms with E-state index in [0.29, 0.717) is 6.61 Å². The summed E-state index contributed by atoms with van der Waals surface area (Å²) in [6, 6.07) is 21.6. The molecule has 0 spiro atoms. The van der Waals surface area contributed by atoms with Crippen LogP contribution in [0.4, 0.5) is 11.5 Å². The fraction of sp³-hybridized carbons (Fsp3) is 0.308. The van der Waals surface area contributed by atoms with Crippen LogP contribution in [-0.2, 0) is 11.2 Å². The first kappa shape index (κ1) is 25.4. The average molecular weight is 495 g/mol. The molecule has 1 heterocycles. The van der Waals surface area contributed by atoms with Crippen LogP contribution in [0.15, 0.2) is 66.9 Å². The fourth-order valence-electron chi connectivity index (χ4n) is 3.36. The molecule has 1 unspecified atom stereocenters. The number of aryl methyl sites for hydroxylation is 2. The number of aromatic nitrogens is 1. The molecule has 1 aromatic heterocycles. The van der Waals surface area contributed by atoms with E-state index in [1.165, 1.54) is 22.3 Å². The summed E-state index contributed by atoms with van der Waals surface area (Å²) in [5.41, 5.74) is 6.05. The van der Waals surface area contributed by atoms with Gasteiger partial charge in [-0.1, -0.05) is 59.7 Å². The lowest BCUT2D eigenvalue weighted by Crippen LogP contribution is -2.28. The average Bonchev–Trinajstić information content (AvgIpc) is 2.78. The molecule has 5 nitrogen and oxygen atoms in total. The van der Waals surface area contributed by atoms with E-state index in [9.17, 15) is 0 Å². The van der Waals surface area contributed by atoms with Crippen molar-refractivity contribution in [2.24, 2.45) is 0 Å². The zero-order valence-corrected chi connectivity index (χ0v) is 20.7. The lowest BCUT2D eigenvalue weighted by atomic mass is 10.0. The Bertz CT molecular complexity index is 984. The Morgan fingerprint density at radius 1 is 1.00 bits per heavy atom. The largest absolute Gasteiger partial charge is 0.383 e. The van der Waals surface area contributed by atoms with Crippen LogP contribution in [0.3, 0.4) is 0 Å². The van der Waals surface area contributed by atoms with Gasteiger partial charge in [0.1, 0.15) is 10.8 Å². The molecule has 3 aromatic rings. The third kappa shape index (κ3) is 8.33. The van der Waals surface area contributed by atoms with Gasteiger partial charge >= 0.3 is 0 Å². The van der Waals surface area contributed by atoms with Gasteiger partial charge in [-0.2, -0.15) is 5.26 Å². The summed E-state index contributed by atoms with van der Waals surface area (Å²) in [5, 5.41) is 14.4. The highest BCUT2D eigenvalue weighted by Gasteiger charge is 2.14. The molecule has 2 aromatic carbocycles. The summed E-state index contributed by atoms with van der Waals surface area (Å²) in [6.07, 6.45) is 2.71. The van der Waals surface area contributed by atoms with Gasteiger partial charge in [-0.15, -0.1) is 0 Å². The van der Waals surface area contributed by atoms with E-state index in [4.69, 9.17) is 10.00 Å². The van der Waals surface area contributed by atoms with Gasteiger partial charge in [-0.3, -0.25) is 0 Å². The maximum Gasteiger partial charge on any atom is 0.149 e. The summed E-state index contributed by atoms with van der Waals surface area (Å²) in [4.78, 5) is 6.14. The van der Waals surface area contributed by atoms with Gasteiger partial charge in [-0.25, -0.2) is 4.98 Å². The van der Waals surface area contributed by atoms with E-state index in [1.54, 1.807) is 12.1 Å². The maximum atomic E-state index is 7.24. The number of nitrogens with one attached hydrogen (secondary N) is 2. The molecule has 0 radical (unpaired) electrons. The molecule has 0 bridgehead atoms. The molecule has 2 atom stereocenters. The molecular formula is C26H31BrN4O. The maximum absolute atomic E-state index is 7.24. The first-order valence-electron chi connectivity index (χ1n) is 10.6. The Labute approximate surface area is 200 Å². The van der Waals surface area contributed by atoms with Crippen LogP contribution in [0.2, 0.25) is 0 Å². The van der Waals surface area contributed by atoms with Crippen LogP contribution in [0, 0.1) is 24.1 Å². The summed E-state index contributed by atoms with van der Waals surface area (Å²) in [6.45, 7) is 6.99. The number of ether oxygens (including phenoxy) is 1.